The highest BCUT2D eigenvalue weighted by atomic mass is 16.5. The number of likely N-dealkylation sites (tertiary alicyclic amines) is 2. The molecule has 3 aliphatic rings. The second-order valence-corrected chi connectivity index (χ2v) is 14.2. The van der Waals surface area contributed by atoms with Crippen LogP contribution in [-0.2, 0) is 0 Å². The predicted molar refractivity (Wildman–Crippen MR) is 235 cm³/mol. The Morgan fingerprint density at radius 3 is 1.71 bits per heavy atom. The molecule has 1 N–H and O–H groups in total. The molecule has 62 heavy (non-hydrogen) atoms. The van der Waals surface area contributed by atoms with Crippen LogP contribution in [0.25, 0.3) is 33.7 Å². The number of oxazole rings is 1. The maximum absolute atomic E-state index is 13.1. The molecule has 14 heteroatoms. The Balaban J connectivity index is 0.000000173. The van der Waals surface area contributed by atoms with E-state index in [1.54, 1.807) is 26.4 Å². The van der Waals surface area contributed by atoms with E-state index in [-0.39, 0.29) is 23.9 Å². The van der Waals surface area contributed by atoms with Gasteiger partial charge in [-0.2, -0.15) is 0 Å². The molecule has 0 bridgehead atoms. The topological polar surface area (TPSA) is 158 Å². The normalized spacial score (nSPS) is 16.1. The van der Waals surface area contributed by atoms with Gasteiger partial charge in [0.15, 0.2) is 41.6 Å². The third-order valence-electron chi connectivity index (χ3n) is 10.9. The van der Waals surface area contributed by atoms with Gasteiger partial charge in [-0.15, -0.1) is 0 Å². The number of amides is 2. The van der Waals surface area contributed by atoms with Gasteiger partial charge in [-0.25, -0.2) is 4.98 Å². The fourth-order valence-electron chi connectivity index (χ4n) is 7.83. The van der Waals surface area contributed by atoms with Crippen LogP contribution in [-0.4, -0.2) is 71.0 Å². The molecule has 0 radical (unpaired) electrons. The summed E-state index contributed by atoms with van der Waals surface area (Å²) in [7, 11) is 3.29. The summed E-state index contributed by atoms with van der Waals surface area (Å²) >= 11 is 0. The van der Waals surface area contributed by atoms with E-state index >= 15 is 0 Å². The Labute approximate surface area is 360 Å². The lowest BCUT2D eigenvalue weighted by molar-refractivity contribution is 0.0717. The Bertz CT molecular complexity index is 2560. The summed E-state index contributed by atoms with van der Waals surface area (Å²) in [4.78, 5) is 34.1. The lowest BCUT2D eigenvalue weighted by atomic mass is 10.0. The largest absolute Gasteiger partial charge is 0.497 e. The Morgan fingerprint density at radius 1 is 0.661 bits per heavy atom. The Morgan fingerprint density at radius 2 is 1.18 bits per heavy atom. The number of benzene rings is 4. The van der Waals surface area contributed by atoms with Gasteiger partial charge in [-0.3, -0.25) is 9.59 Å². The van der Waals surface area contributed by atoms with Crippen LogP contribution in [0.4, 0.5) is 5.69 Å². The second kappa shape index (κ2) is 20.0. The first-order valence-corrected chi connectivity index (χ1v) is 21.1. The molecule has 7 aromatic rings. The lowest BCUT2D eigenvalue weighted by Gasteiger charge is -2.24. The van der Waals surface area contributed by atoms with Crippen molar-refractivity contribution in [3.8, 4) is 39.9 Å². The van der Waals surface area contributed by atoms with Crippen LogP contribution in [0, 0.1) is 0 Å². The smallest absolute Gasteiger partial charge is 0.276 e. The van der Waals surface area contributed by atoms with E-state index in [1.165, 1.54) is 6.39 Å². The third kappa shape index (κ3) is 9.14. The van der Waals surface area contributed by atoms with Crippen molar-refractivity contribution in [1.29, 1.82) is 0 Å². The number of fused-ring (bicyclic) bond motifs is 2. The minimum Gasteiger partial charge on any atom is -0.497 e. The molecule has 4 aromatic carbocycles. The van der Waals surface area contributed by atoms with Crippen LogP contribution in [0.2, 0.25) is 0 Å². The Kier molecular flexibility index (Phi) is 13.9. The van der Waals surface area contributed by atoms with Crippen molar-refractivity contribution >= 4 is 28.6 Å². The number of hydrogen-bond acceptors (Lipinski definition) is 12. The average Bonchev–Trinajstić information content (AvgIpc) is 4.20. The van der Waals surface area contributed by atoms with Gasteiger partial charge < -0.3 is 42.8 Å². The van der Waals surface area contributed by atoms with Crippen LogP contribution >= 0.6 is 0 Å². The molecule has 0 spiro atoms. The van der Waals surface area contributed by atoms with Crippen LogP contribution in [0.3, 0.4) is 0 Å². The van der Waals surface area contributed by atoms with Gasteiger partial charge in [0, 0.05) is 36.3 Å². The molecule has 3 aromatic heterocycles. The fraction of sp³-hybridized carbons (Fsp3) is 0.312. The number of rotatable bonds is 8. The highest BCUT2D eigenvalue weighted by molar-refractivity contribution is 5.94. The van der Waals surface area contributed by atoms with E-state index in [4.69, 9.17) is 27.7 Å². The SMILES string of the molecule is CC.CC.COc1ccc(C2CCCN2C(=O)c2cc(-c3ccc4c(c3)NCO4)on2)cc1.COc1ccc(C2CCCN2C(=O)c2cc(-c3ccc4ncoc4c3)on2)cc1. The Hall–Kier alpha value is -7.09. The fourth-order valence-corrected chi connectivity index (χ4v) is 7.83. The van der Waals surface area contributed by atoms with Crippen molar-refractivity contribution in [3.63, 3.8) is 0 Å². The summed E-state index contributed by atoms with van der Waals surface area (Å²) in [6, 6.07) is 30.5. The summed E-state index contributed by atoms with van der Waals surface area (Å²) in [6.45, 7) is 9.86. The van der Waals surface area contributed by atoms with Crippen molar-refractivity contribution in [2.45, 2.75) is 65.5 Å². The van der Waals surface area contributed by atoms with E-state index in [2.05, 4.69) is 20.6 Å². The highest BCUT2D eigenvalue weighted by Gasteiger charge is 2.34. The van der Waals surface area contributed by atoms with Crippen molar-refractivity contribution in [2.75, 3.05) is 39.4 Å². The number of nitrogens with one attached hydrogen (secondary N) is 1. The van der Waals surface area contributed by atoms with Gasteiger partial charge in [-0.1, -0.05) is 62.3 Å². The van der Waals surface area contributed by atoms with Gasteiger partial charge in [-0.05, 0) is 97.5 Å². The number of anilines is 1. The number of carbonyl (C=O) groups excluding carboxylic acids is 2. The van der Waals surface area contributed by atoms with Crippen molar-refractivity contribution in [2.24, 2.45) is 0 Å². The first-order chi connectivity index (χ1) is 30.4. The van der Waals surface area contributed by atoms with Crippen LogP contribution in [0.5, 0.6) is 17.2 Å². The predicted octanol–water partition coefficient (Wildman–Crippen LogP) is 10.6. The summed E-state index contributed by atoms with van der Waals surface area (Å²) < 4.78 is 32.2. The first-order valence-electron chi connectivity index (χ1n) is 21.1. The van der Waals surface area contributed by atoms with Gasteiger partial charge >= 0.3 is 0 Å². The maximum atomic E-state index is 13.1. The molecule has 6 heterocycles. The van der Waals surface area contributed by atoms with Gasteiger partial charge in [0.25, 0.3) is 11.8 Å². The lowest BCUT2D eigenvalue weighted by Crippen LogP contribution is -2.30. The monoisotopic (exact) mass is 840 g/mol. The highest BCUT2D eigenvalue weighted by Crippen LogP contribution is 2.37. The van der Waals surface area contributed by atoms with E-state index in [0.29, 0.717) is 48.3 Å². The van der Waals surface area contributed by atoms with Gasteiger partial charge in [0.2, 0.25) is 0 Å². The molecule has 2 unspecified atom stereocenters. The maximum Gasteiger partial charge on any atom is 0.276 e. The zero-order chi connectivity index (χ0) is 43.6. The van der Waals surface area contributed by atoms with E-state index in [9.17, 15) is 9.59 Å². The summed E-state index contributed by atoms with van der Waals surface area (Å²) in [5.74, 6) is 3.26. The zero-order valence-corrected chi connectivity index (χ0v) is 35.9. The second-order valence-electron chi connectivity index (χ2n) is 14.2. The molecular weight excluding hydrogens is 789 g/mol. The molecule has 2 atom stereocenters. The standard InChI is InChI=1S/C22H21N3O4.C22H19N3O4.2C2H6/c1-27-16-7-4-14(5-8-16)19-3-2-10-25(19)22(26)18-12-21(29-24-18)15-6-9-20-17(11-15)23-13-28-20;1-27-16-7-4-14(5-8-16)19-3-2-10-25(19)22(26)18-12-20(29-24-18)15-6-9-17-21(11-15)28-13-23-17;2*1-2/h4-9,11-12,19,23H,2-3,10,13H2,1H3;4-9,11-13,19H,2-3,10H2,1H3;2*1-2H3. The molecular formula is C48H52N6O8. The number of nitrogens with zero attached hydrogens (tertiary/aromatic N) is 5. The average molecular weight is 841 g/mol. The third-order valence-corrected chi connectivity index (χ3v) is 10.9. The minimum absolute atomic E-state index is 0.0269. The van der Waals surface area contributed by atoms with Gasteiger partial charge in [0.1, 0.15) is 22.8 Å². The molecule has 2 fully saturated rings. The first kappa shape index (κ1) is 43.0. The molecule has 0 aliphatic carbocycles. The molecule has 0 saturated carbocycles. The summed E-state index contributed by atoms with van der Waals surface area (Å²) in [6.07, 6.45) is 5.17. The van der Waals surface area contributed by atoms with E-state index in [0.717, 1.165) is 76.4 Å². The molecule has 14 nitrogen and oxygen atoms in total. The van der Waals surface area contributed by atoms with Gasteiger partial charge in [0.05, 0.1) is 32.0 Å². The molecule has 2 amide bonds. The van der Waals surface area contributed by atoms with E-state index in [1.807, 2.05) is 122 Å². The molecule has 322 valence electrons. The number of methoxy groups -OCH3 is 2. The van der Waals surface area contributed by atoms with Crippen LogP contribution in [0.1, 0.15) is 97.6 Å². The molecule has 10 rings (SSSR count). The number of hydrogen-bond donors (Lipinski definition) is 1. The minimum atomic E-state index is -0.126. The number of carbonyl (C=O) groups is 2. The summed E-state index contributed by atoms with van der Waals surface area (Å²) in [5, 5.41) is 11.2. The quantitative estimate of drug-likeness (QED) is 0.155. The van der Waals surface area contributed by atoms with Crippen molar-refractivity contribution in [3.05, 3.63) is 126 Å². The number of ether oxygens (including phenoxy) is 3. The summed E-state index contributed by atoms with van der Waals surface area (Å²) in [5.41, 5.74) is 6.79. The van der Waals surface area contributed by atoms with Crippen LogP contribution < -0.4 is 19.5 Å². The molecule has 3 aliphatic heterocycles. The van der Waals surface area contributed by atoms with E-state index < -0.39 is 0 Å². The number of aromatic nitrogens is 3. The zero-order valence-electron chi connectivity index (χ0n) is 35.9. The molecule has 2 saturated heterocycles. The van der Waals surface area contributed by atoms with Crippen LogP contribution in [0.15, 0.2) is 117 Å². The van der Waals surface area contributed by atoms with Crippen molar-refractivity contribution < 1.29 is 37.3 Å². The van der Waals surface area contributed by atoms with Crippen molar-refractivity contribution in [1.82, 2.24) is 25.1 Å².